The maximum Gasteiger partial charge on any atom is 0.295 e. The number of ketones is 1. The zero-order valence-corrected chi connectivity index (χ0v) is 20.5. The molecular weight excluding hydrogens is 434 g/mol. The lowest BCUT2D eigenvalue weighted by Crippen LogP contribution is -2.33. The molecule has 1 N–H and O–H groups in total. The van der Waals surface area contributed by atoms with Crippen molar-refractivity contribution in [3.8, 4) is 11.5 Å². The highest BCUT2D eigenvalue weighted by atomic mass is 16.5. The van der Waals surface area contributed by atoms with Gasteiger partial charge in [-0.25, -0.2) is 0 Å². The van der Waals surface area contributed by atoms with E-state index in [0.29, 0.717) is 35.8 Å². The average molecular weight is 468 g/mol. The number of nitrogens with zero attached hydrogens (tertiary/aromatic N) is 1. The molecule has 1 heterocycles. The van der Waals surface area contributed by atoms with Crippen LogP contribution < -0.4 is 9.47 Å². The van der Waals surface area contributed by atoms with Gasteiger partial charge in [-0.3, -0.25) is 9.59 Å². The number of rotatable bonds is 10. The van der Waals surface area contributed by atoms with Crippen LogP contribution in [0.4, 0.5) is 0 Å². The zero-order valence-electron chi connectivity index (χ0n) is 20.5. The van der Waals surface area contributed by atoms with Gasteiger partial charge in [-0.1, -0.05) is 12.1 Å². The highest BCUT2D eigenvalue weighted by Gasteiger charge is 2.46. The van der Waals surface area contributed by atoms with E-state index in [1.165, 1.54) is 4.90 Å². The zero-order chi connectivity index (χ0) is 24.8. The Bertz CT molecular complexity index is 1060. The smallest absolute Gasteiger partial charge is 0.295 e. The predicted molar refractivity (Wildman–Crippen MR) is 130 cm³/mol. The molecule has 1 fully saturated rings. The lowest BCUT2D eigenvalue weighted by atomic mass is 9.94. The van der Waals surface area contributed by atoms with Crippen LogP contribution in [0.3, 0.4) is 0 Å². The van der Waals surface area contributed by atoms with Crippen LogP contribution in [0.5, 0.6) is 11.5 Å². The normalized spacial score (nSPS) is 17.5. The highest BCUT2D eigenvalue weighted by Crippen LogP contribution is 2.40. The Kier molecular flexibility index (Phi) is 8.34. The third-order valence-electron chi connectivity index (χ3n) is 5.58. The first-order valence-corrected chi connectivity index (χ1v) is 11.6. The molecule has 2 aromatic carbocycles. The number of hydrogen-bond acceptors (Lipinski definition) is 6. The molecule has 0 bridgehead atoms. The maximum absolute atomic E-state index is 13.1. The molecule has 1 unspecified atom stereocenters. The number of hydrogen-bond donors (Lipinski definition) is 1. The van der Waals surface area contributed by atoms with Crippen molar-refractivity contribution in [2.24, 2.45) is 0 Å². The van der Waals surface area contributed by atoms with Gasteiger partial charge in [-0.15, -0.1) is 0 Å². The molecule has 0 spiro atoms. The number of carbonyl (C=O) groups excluding carboxylic acids is 2. The number of aliphatic hydroxyl groups excluding tert-OH is 1. The molecule has 1 saturated heterocycles. The Morgan fingerprint density at radius 2 is 1.71 bits per heavy atom. The van der Waals surface area contributed by atoms with Gasteiger partial charge >= 0.3 is 0 Å². The number of ether oxygens (including phenoxy) is 3. The van der Waals surface area contributed by atoms with E-state index in [9.17, 15) is 14.7 Å². The van der Waals surface area contributed by atoms with Gasteiger partial charge in [0.25, 0.3) is 11.7 Å². The molecule has 1 aliphatic rings. The van der Waals surface area contributed by atoms with E-state index in [-0.39, 0.29) is 30.6 Å². The highest BCUT2D eigenvalue weighted by molar-refractivity contribution is 6.46. The quantitative estimate of drug-likeness (QED) is 0.311. The molecule has 0 aliphatic carbocycles. The summed E-state index contributed by atoms with van der Waals surface area (Å²) in [4.78, 5) is 27.6. The van der Waals surface area contributed by atoms with Gasteiger partial charge < -0.3 is 24.2 Å². The fourth-order valence-corrected chi connectivity index (χ4v) is 4.03. The monoisotopic (exact) mass is 467 g/mol. The van der Waals surface area contributed by atoms with E-state index in [4.69, 9.17) is 14.2 Å². The van der Waals surface area contributed by atoms with Crippen molar-refractivity contribution in [3.63, 3.8) is 0 Å². The first-order chi connectivity index (χ1) is 16.3. The van der Waals surface area contributed by atoms with Crippen molar-refractivity contribution < 1.29 is 28.9 Å². The summed E-state index contributed by atoms with van der Waals surface area (Å²) in [6, 6.07) is 11.7. The van der Waals surface area contributed by atoms with E-state index < -0.39 is 17.7 Å². The number of benzene rings is 2. The molecule has 1 aliphatic heterocycles. The van der Waals surface area contributed by atoms with Gasteiger partial charge in [0, 0.05) is 12.1 Å². The summed E-state index contributed by atoms with van der Waals surface area (Å²) in [6.07, 6.45) is -0.00687. The predicted octanol–water partition coefficient (Wildman–Crippen LogP) is 4.64. The number of aryl methyl sites for hydroxylation is 1. The van der Waals surface area contributed by atoms with Crippen LogP contribution in [-0.4, -0.2) is 54.2 Å². The largest absolute Gasteiger partial charge is 0.507 e. The standard InChI is InChI=1S/C27H33NO6/c1-6-32-21-11-8-19(9-12-21)24-23(26(30)27(31)28(24)14-15-34-17(3)4)25(29)20-10-13-22(33-7-2)18(5)16-20/h8-13,16-17,24,29H,6-7,14-15H2,1-5H3/b25-23-. The van der Waals surface area contributed by atoms with Crippen LogP contribution in [0.25, 0.3) is 5.76 Å². The van der Waals surface area contributed by atoms with E-state index in [1.54, 1.807) is 30.3 Å². The second-order valence-electron chi connectivity index (χ2n) is 8.33. The van der Waals surface area contributed by atoms with Crippen molar-refractivity contribution in [1.29, 1.82) is 0 Å². The summed E-state index contributed by atoms with van der Waals surface area (Å²) in [5, 5.41) is 11.2. The summed E-state index contributed by atoms with van der Waals surface area (Å²) < 4.78 is 16.8. The van der Waals surface area contributed by atoms with Crippen molar-refractivity contribution in [3.05, 3.63) is 64.7 Å². The van der Waals surface area contributed by atoms with Crippen LogP contribution in [0, 0.1) is 6.92 Å². The van der Waals surface area contributed by atoms with Crippen molar-refractivity contribution in [2.45, 2.75) is 46.8 Å². The molecule has 0 saturated carbocycles. The van der Waals surface area contributed by atoms with Crippen LogP contribution in [0.15, 0.2) is 48.0 Å². The fraction of sp³-hybridized carbons (Fsp3) is 0.407. The summed E-state index contributed by atoms with van der Waals surface area (Å²) >= 11 is 0. The Labute approximate surface area is 200 Å². The SMILES string of the molecule is CCOc1ccc(C2/C(=C(/O)c3ccc(OCC)c(C)c3)C(=O)C(=O)N2CCOC(C)C)cc1. The molecule has 0 aromatic heterocycles. The molecule has 7 nitrogen and oxygen atoms in total. The first-order valence-electron chi connectivity index (χ1n) is 11.6. The van der Waals surface area contributed by atoms with Gasteiger partial charge in [-0.05, 0) is 76.1 Å². The van der Waals surface area contributed by atoms with Crippen LogP contribution in [0.1, 0.15) is 50.4 Å². The molecule has 3 rings (SSSR count). The van der Waals surface area contributed by atoms with Crippen LogP contribution >= 0.6 is 0 Å². The van der Waals surface area contributed by atoms with E-state index in [0.717, 1.165) is 5.56 Å². The van der Waals surface area contributed by atoms with Gasteiger partial charge in [0.1, 0.15) is 17.3 Å². The van der Waals surface area contributed by atoms with Crippen LogP contribution in [0.2, 0.25) is 0 Å². The summed E-state index contributed by atoms with van der Waals surface area (Å²) in [6.45, 7) is 11.0. The molecule has 7 heteroatoms. The number of Topliss-reactive ketones (excluding diaryl/α,β-unsaturated/α-hetero) is 1. The molecule has 1 atom stereocenters. The minimum Gasteiger partial charge on any atom is -0.507 e. The molecule has 182 valence electrons. The second-order valence-corrected chi connectivity index (χ2v) is 8.33. The number of aliphatic hydroxyl groups is 1. The van der Waals surface area contributed by atoms with Crippen molar-refractivity contribution in [1.82, 2.24) is 4.90 Å². The molecule has 0 radical (unpaired) electrons. The fourth-order valence-electron chi connectivity index (χ4n) is 4.03. The van der Waals surface area contributed by atoms with Crippen LogP contribution in [-0.2, 0) is 14.3 Å². The topological polar surface area (TPSA) is 85.3 Å². The van der Waals surface area contributed by atoms with Gasteiger partial charge in [0.2, 0.25) is 0 Å². The Hall–Kier alpha value is -3.32. The van der Waals surface area contributed by atoms with Gasteiger partial charge in [0.05, 0.1) is 37.5 Å². The lowest BCUT2D eigenvalue weighted by molar-refractivity contribution is -0.140. The van der Waals surface area contributed by atoms with E-state index in [2.05, 4.69) is 0 Å². The third kappa shape index (κ3) is 5.42. The Morgan fingerprint density at radius 1 is 1.03 bits per heavy atom. The number of amides is 1. The second kappa shape index (κ2) is 11.2. The maximum atomic E-state index is 13.1. The number of likely N-dealkylation sites (tertiary alicyclic amines) is 1. The van der Waals surface area contributed by atoms with Crippen molar-refractivity contribution >= 4 is 17.4 Å². The number of carbonyl (C=O) groups is 2. The van der Waals surface area contributed by atoms with Gasteiger partial charge in [-0.2, -0.15) is 0 Å². The third-order valence-corrected chi connectivity index (χ3v) is 5.58. The van der Waals surface area contributed by atoms with E-state index >= 15 is 0 Å². The summed E-state index contributed by atoms with van der Waals surface area (Å²) in [5.74, 6) is -0.194. The Morgan fingerprint density at radius 3 is 2.29 bits per heavy atom. The lowest BCUT2D eigenvalue weighted by Gasteiger charge is -2.26. The summed E-state index contributed by atoms with van der Waals surface area (Å²) in [5.41, 5.74) is 2.04. The average Bonchev–Trinajstić information content (AvgIpc) is 3.05. The van der Waals surface area contributed by atoms with Crippen molar-refractivity contribution in [2.75, 3.05) is 26.4 Å². The summed E-state index contributed by atoms with van der Waals surface area (Å²) in [7, 11) is 0. The Balaban J connectivity index is 2.07. The molecular formula is C27H33NO6. The molecule has 2 aromatic rings. The minimum absolute atomic E-state index is 0.00687. The first kappa shape index (κ1) is 25.3. The van der Waals surface area contributed by atoms with Gasteiger partial charge in [0.15, 0.2) is 0 Å². The van der Waals surface area contributed by atoms with E-state index in [1.807, 2.05) is 46.8 Å². The minimum atomic E-state index is -0.738. The molecule has 1 amide bonds. The molecule has 34 heavy (non-hydrogen) atoms.